The van der Waals surface area contributed by atoms with Gasteiger partial charge < -0.3 is 10.6 Å². The van der Waals surface area contributed by atoms with E-state index in [0.29, 0.717) is 30.0 Å². The lowest BCUT2D eigenvalue weighted by Crippen LogP contribution is -2.45. The van der Waals surface area contributed by atoms with Gasteiger partial charge in [0.15, 0.2) is 5.82 Å². The van der Waals surface area contributed by atoms with E-state index in [1.54, 1.807) is 41.8 Å². The summed E-state index contributed by atoms with van der Waals surface area (Å²) in [7, 11) is 1.76. The number of rotatable bonds is 3. The van der Waals surface area contributed by atoms with Crippen LogP contribution in [0.3, 0.4) is 0 Å². The SMILES string of the molecule is Cc1nn(C)c(-n2cccn2)c1C(=O)NC1CCCCNC1=O. The normalized spacial score (nSPS) is 18.3. The van der Waals surface area contributed by atoms with Gasteiger partial charge >= 0.3 is 0 Å². The molecule has 1 aliphatic rings. The summed E-state index contributed by atoms with van der Waals surface area (Å²) in [6.45, 7) is 2.44. The first-order valence-corrected chi connectivity index (χ1v) is 7.70. The van der Waals surface area contributed by atoms with Crippen LogP contribution in [0.5, 0.6) is 0 Å². The maximum Gasteiger partial charge on any atom is 0.257 e. The number of nitrogens with zero attached hydrogens (tertiary/aromatic N) is 4. The largest absolute Gasteiger partial charge is 0.354 e. The summed E-state index contributed by atoms with van der Waals surface area (Å²) in [6, 6.07) is 1.28. The Bertz CT molecular complexity index is 719. The second kappa shape index (κ2) is 6.23. The number of aryl methyl sites for hydroxylation is 2. The van der Waals surface area contributed by atoms with E-state index in [9.17, 15) is 9.59 Å². The van der Waals surface area contributed by atoms with E-state index in [0.717, 1.165) is 12.8 Å². The van der Waals surface area contributed by atoms with Crippen LogP contribution in [-0.4, -0.2) is 44.0 Å². The highest BCUT2D eigenvalue weighted by molar-refractivity contribution is 6.00. The van der Waals surface area contributed by atoms with Crippen LogP contribution in [-0.2, 0) is 11.8 Å². The van der Waals surface area contributed by atoms with Crippen LogP contribution < -0.4 is 10.6 Å². The third-order valence-corrected chi connectivity index (χ3v) is 3.98. The van der Waals surface area contributed by atoms with E-state index < -0.39 is 6.04 Å². The predicted octanol–water partition coefficient (Wildman–Crippen LogP) is 0.313. The summed E-state index contributed by atoms with van der Waals surface area (Å²) in [5.74, 6) is 0.153. The molecule has 3 rings (SSSR count). The Morgan fingerprint density at radius 1 is 1.43 bits per heavy atom. The van der Waals surface area contributed by atoms with Gasteiger partial charge in [-0.3, -0.25) is 9.59 Å². The van der Waals surface area contributed by atoms with E-state index in [2.05, 4.69) is 20.8 Å². The predicted molar refractivity (Wildman–Crippen MR) is 83.2 cm³/mol. The Kier molecular flexibility index (Phi) is 4.14. The number of carbonyl (C=O) groups is 2. The molecule has 0 saturated carbocycles. The Balaban J connectivity index is 1.89. The third kappa shape index (κ3) is 2.96. The monoisotopic (exact) mass is 316 g/mol. The van der Waals surface area contributed by atoms with Gasteiger partial charge in [-0.25, -0.2) is 9.36 Å². The minimum Gasteiger partial charge on any atom is -0.354 e. The molecule has 2 N–H and O–H groups in total. The number of aromatic nitrogens is 4. The summed E-state index contributed by atoms with van der Waals surface area (Å²) in [5.41, 5.74) is 1.04. The lowest BCUT2D eigenvalue weighted by atomic mass is 10.1. The van der Waals surface area contributed by atoms with Crippen molar-refractivity contribution in [2.24, 2.45) is 7.05 Å². The van der Waals surface area contributed by atoms with Gasteiger partial charge in [0.1, 0.15) is 11.6 Å². The summed E-state index contributed by atoms with van der Waals surface area (Å²) in [6.07, 6.45) is 5.88. The van der Waals surface area contributed by atoms with E-state index in [1.165, 1.54) is 0 Å². The zero-order chi connectivity index (χ0) is 16.4. The molecule has 0 radical (unpaired) electrons. The molecule has 1 aliphatic heterocycles. The Morgan fingerprint density at radius 2 is 2.26 bits per heavy atom. The van der Waals surface area contributed by atoms with Crippen LogP contribution in [0.25, 0.3) is 5.82 Å². The molecule has 0 aliphatic carbocycles. The minimum atomic E-state index is -0.505. The molecular weight excluding hydrogens is 296 g/mol. The average Bonchev–Trinajstić information content (AvgIpc) is 3.07. The van der Waals surface area contributed by atoms with Gasteiger partial charge in [-0.15, -0.1) is 0 Å². The fourth-order valence-electron chi connectivity index (χ4n) is 2.88. The van der Waals surface area contributed by atoms with Crippen molar-refractivity contribution in [3.8, 4) is 5.82 Å². The molecule has 8 nitrogen and oxygen atoms in total. The van der Waals surface area contributed by atoms with Gasteiger partial charge in [0, 0.05) is 26.0 Å². The molecule has 1 fully saturated rings. The van der Waals surface area contributed by atoms with Crippen LogP contribution in [0.4, 0.5) is 0 Å². The molecule has 8 heteroatoms. The Labute approximate surface area is 133 Å². The molecule has 2 aromatic rings. The summed E-state index contributed by atoms with van der Waals surface area (Å²) < 4.78 is 3.21. The summed E-state index contributed by atoms with van der Waals surface area (Å²) in [5, 5.41) is 14.1. The Morgan fingerprint density at radius 3 is 3.00 bits per heavy atom. The molecule has 0 aromatic carbocycles. The number of hydrogen-bond donors (Lipinski definition) is 2. The van der Waals surface area contributed by atoms with E-state index >= 15 is 0 Å². The first kappa shape index (κ1) is 15.3. The van der Waals surface area contributed by atoms with E-state index in [1.807, 2.05) is 0 Å². The van der Waals surface area contributed by atoms with E-state index in [4.69, 9.17) is 0 Å². The van der Waals surface area contributed by atoms with Crippen LogP contribution in [0, 0.1) is 6.92 Å². The minimum absolute atomic E-state index is 0.127. The number of hydrogen-bond acceptors (Lipinski definition) is 4. The van der Waals surface area contributed by atoms with E-state index in [-0.39, 0.29) is 11.8 Å². The molecule has 0 spiro atoms. The van der Waals surface area contributed by atoms with Crippen molar-refractivity contribution in [3.05, 3.63) is 29.7 Å². The van der Waals surface area contributed by atoms with Crippen molar-refractivity contribution in [2.75, 3.05) is 6.54 Å². The van der Waals surface area contributed by atoms with Crippen LogP contribution >= 0.6 is 0 Å². The molecule has 1 atom stereocenters. The second-order valence-corrected chi connectivity index (χ2v) is 5.67. The molecular formula is C15H20N6O2. The summed E-state index contributed by atoms with van der Waals surface area (Å²) >= 11 is 0. The smallest absolute Gasteiger partial charge is 0.257 e. The van der Waals surface area contributed by atoms with Gasteiger partial charge in [-0.05, 0) is 32.3 Å². The van der Waals surface area contributed by atoms with Gasteiger partial charge in [-0.2, -0.15) is 10.2 Å². The highest BCUT2D eigenvalue weighted by Crippen LogP contribution is 2.18. The lowest BCUT2D eigenvalue weighted by molar-refractivity contribution is -0.122. The molecule has 122 valence electrons. The topological polar surface area (TPSA) is 93.8 Å². The standard InChI is InChI=1S/C15H20N6O2/c1-10-12(15(20(2)19-10)21-9-5-8-17-21)14(23)18-11-6-3-4-7-16-13(11)22/h5,8-9,11H,3-4,6-7H2,1-2H3,(H,16,22)(H,18,23). The van der Waals surface area contributed by atoms with Crippen molar-refractivity contribution in [2.45, 2.75) is 32.2 Å². The third-order valence-electron chi connectivity index (χ3n) is 3.98. The van der Waals surface area contributed by atoms with Gasteiger partial charge in [-0.1, -0.05) is 0 Å². The maximum absolute atomic E-state index is 12.7. The van der Waals surface area contributed by atoms with Crippen molar-refractivity contribution in [3.63, 3.8) is 0 Å². The molecule has 1 saturated heterocycles. The van der Waals surface area contributed by atoms with Crippen LogP contribution in [0.15, 0.2) is 18.5 Å². The van der Waals surface area contributed by atoms with Crippen molar-refractivity contribution in [1.82, 2.24) is 30.2 Å². The highest BCUT2D eigenvalue weighted by atomic mass is 16.2. The molecule has 23 heavy (non-hydrogen) atoms. The first-order valence-electron chi connectivity index (χ1n) is 7.70. The molecule has 2 aromatic heterocycles. The number of nitrogens with one attached hydrogen (secondary N) is 2. The quantitative estimate of drug-likeness (QED) is 0.852. The zero-order valence-corrected chi connectivity index (χ0v) is 13.2. The zero-order valence-electron chi connectivity index (χ0n) is 13.2. The molecule has 1 unspecified atom stereocenters. The van der Waals surface area contributed by atoms with Crippen LogP contribution in [0.1, 0.15) is 35.3 Å². The van der Waals surface area contributed by atoms with Crippen molar-refractivity contribution in [1.29, 1.82) is 0 Å². The van der Waals surface area contributed by atoms with Crippen molar-refractivity contribution < 1.29 is 9.59 Å². The number of carbonyl (C=O) groups excluding carboxylic acids is 2. The molecule has 0 bridgehead atoms. The fourth-order valence-corrected chi connectivity index (χ4v) is 2.88. The number of amides is 2. The highest BCUT2D eigenvalue weighted by Gasteiger charge is 2.27. The van der Waals surface area contributed by atoms with Gasteiger partial charge in [0.25, 0.3) is 5.91 Å². The van der Waals surface area contributed by atoms with Gasteiger partial charge in [0.05, 0.1) is 5.69 Å². The lowest BCUT2D eigenvalue weighted by Gasteiger charge is -2.15. The van der Waals surface area contributed by atoms with Crippen LogP contribution in [0.2, 0.25) is 0 Å². The summed E-state index contributed by atoms with van der Waals surface area (Å²) in [4.78, 5) is 24.8. The average molecular weight is 316 g/mol. The molecule has 3 heterocycles. The second-order valence-electron chi connectivity index (χ2n) is 5.67. The van der Waals surface area contributed by atoms with Gasteiger partial charge in [0.2, 0.25) is 5.91 Å². The first-order chi connectivity index (χ1) is 11.1. The molecule has 2 amide bonds. The maximum atomic E-state index is 12.7. The van der Waals surface area contributed by atoms with Crippen molar-refractivity contribution >= 4 is 11.8 Å². The Hall–Kier alpha value is -2.64. The fraction of sp³-hybridized carbons (Fsp3) is 0.467.